The van der Waals surface area contributed by atoms with Crippen LogP contribution in [0, 0.1) is 0 Å². The predicted octanol–water partition coefficient (Wildman–Crippen LogP) is 4.52. The van der Waals surface area contributed by atoms with Crippen molar-refractivity contribution in [2.24, 2.45) is 4.99 Å². The van der Waals surface area contributed by atoms with Gasteiger partial charge < -0.3 is 24.7 Å². The van der Waals surface area contributed by atoms with E-state index in [2.05, 4.69) is 20.6 Å². The summed E-state index contributed by atoms with van der Waals surface area (Å²) in [7, 11) is 5.41. The minimum Gasteiger partial charge on any atom is -0.459 e. The van der Waals surface area contributed by atoms with Gasteiger partial charge in [0.1, 0.15) is 11.1 Å². The van der Waals surface area contributed by atoms with Gasteiger partial charge in [-0.1, -0.05) is 12.1 Å². The SMILES string of the molecule is CN=C(NCc1ccc(NC(=O)c2ccco2)cc1)N(C)Cc1csc(C(C)OC)n1.I. The molecule has 1 aromatic carbocycles. The molecule has 0 saturated heterocycles. The first-order valence-electron chi connectivity index (χ1n) is 9.82. The van der Waals surface area contributed by atoms with Crippen molar-refractivity contribution in [1.82, 2.24) is 15.2 Å². The summed E-state index contributed by atoms with van der Waals surface area (Å²) in [5, 5.41) is 9.17. The Morgan fingerprint density at radius 2 is 2.06 bits per heavy atom. The van der Waals surface area contributed by atoms with Crippen molar-refractivity contribution in [3.05, 3.63) is 70.1 Å². The van der Waals surface area contributed by atoms with Crippen molar-refractivity contribution in [2.75, 3.05) is 26.5 Å². The highest BCUT2D eigenvalue weighted by molar-refractivity contribution is 14.0. The number of halogens is 1. The average Bonchev–Trinajstić information content (AvgIpc) is 3.47. The monoisotopic (exact) mass is 569 g/mol. The number of ether oxygens (including phenoxy) is 1. The molecular formula is C22H28IN5O3S. The average molecular weight is 569 g/mol. The van der Waals surface area contributed by atoms with Crippen LogP contribution in [-0.2, 0) is 17.8 Å². The highest BCUT2D eigenvalue weighted by Gasteiger charge is 2.13. The normalized spacial score (nSPS) is 12.1. The lowest BCUT2D eigenvalue weighted by Crippen LogP contribution is -2.38. The quantitative estimate of drug-likeness (QED) is 0.236. The van der Waals surface area contributed by atoms with E-state index in [-0.39, 0.29) is 41.7 Å². The fourth-order valence-corrected chi connectivity index (χ4v) is 3.71. The van der Waals surface area contributed by atoms with Gasteiger partial charge in [0.15, 0.2) is 11.7 Å². The molecule has 0 saturated carbocycles. The van der Waals surface area contributed by atoms with Gasteiger partial charge in [0.2, 0.25) is 0 Å². The van der Waals surface area contributed by atoms with Crippen molar-refractivity contribution in [3.63, 3.8) is 0 Å². The summed E-state index contributed by atoms with van der Waals surface area (Å²) < 4.78 is 10.4. The van der Waals surface area contributed by atoms with Crippen LogP contribution >= 0.6 is 35.3 Å². The van der Waals surface area contributed by atoms with E-state index in [9.17, 15) is 4.79 Å². The molecule has 3 aromatic rings. The maximum atomic E-state index is 12.0. The summed E-state index contributed by atoms with van der Waals surface area (Å²) in [6.07, 6.45) is 1.47. The Morgan fingerprint density at radius 1 is 1.31 bits per heavy atom. The molecule has 0 aliphatic rings. The molecular weight excluding hydrogens is 541 g/mol. The van der Waals surface area contributed by atoms with Crippen LogP contribution in [0.3, 0.4) is 0 Å². The van der Waals surface area contributed by atoms with Crippen LogP contribution in [0.15, 0.2) is 57.5 Å². The zero-order chi connectivity index (χ0) is 22.2. The number of guanidine groups is 1. The van der Waals surface area contributed by atoms with Crippen LogP contribution in [0.4, 0.5) is 5.69 Å². The lowest BCUT2D eigenvalue weighted by atomic mass is 10.2. The Bertz CT molecular complexity index is 1010. The number of nitrogens with zero attached hydrogens (tertiary/aromatic N) is 3. The van der Waals surface area contributed by atoms with Crippen LogP contribution < -0.4 is 10.6 Å². The van der Waals surface area contributed by atoms with Gasteiger partial charge in [0, 0.05) is 38.8 Å². The van der Waals surface area contributed by atoms with Gasteiger partial charge >= 0.3 is 0 Å². The van der Waals surface area contributed by atoms with E-state index in [1.165, 1.54) is 6.26 Å². The molecule has 0 fully saturated rings. The van der Waals surface area contributed by atoms with Gasteiger partial charge in [-0.3, -0.25) is 9.79 Å². The molecule has 10 heteroatoms. The number of carbonyl (C=O) groups is 1. The predicted molar refractivity (Wildman–Crippen MR) is 138 cm³/mol. The molecule has 0 spiro atoms. The van der Waals surface area contributed by atoms with Crippen molar-refractivity contribution in [1.29, 1.82) is 0 Å². The van der Waals surface area contributed by atoms with E-state index in [1.54, 1.807) is 37.6 Å². The number of furan rings is 1. The molecule has 0 bridgehead atoms. The number of benzene rings is 1. The molecule has 0 radical (unpaired) electrons. The van der Waals surface area contributed by atoms with Gasteiger partial charge in [-0.25, -0.2) is 4.98 Å². The lowest BCUT2D eigenvalue weighted by Gasteiger charge is -2.21. The maximum Gasteiger partial charge on any atom is 0.291 e. The maximum absolute atomic E-state index is 12.0. The zero-order valence-corrected chi connectivity index (χ0v) is 21.6. The summed E-state index contributed by atoms with van der Waals surface area (Å²) in [4.78, 5) is 23.1. The molecule has 8 nitrogen and oxygen atoms in total. The number of aromatic nitrogens is 1. The van der Waals surface area contributed by atoms with Crippen LogP contribution in [0.25, 0.3) is 0 Å². The van der Waals surface area contributed by atoms with Crippen LogP contribution in [0.2, 0.25) is 0 Å². The first-order valence-corrected chi connectivity index (χ1v) is 10.7. The fraction of sp³-hybridized carbons (Fsp3) is 0.318. The summed E-state index contributed by atoms with van der Waals surface area (Å²) in [6.45, 7) is 3.23. The highest BCUT2D eigenvalue weighted by atomic mass is 127. The third kappa shape index (κ3) is 7.04. The third-order valence-corrected chi connectivity index (χ3v) is 5.71. The third-order valence-electron chi connectivity index (χ3n) is 4.65. The highest BCUT2D eigenvalue weighted by Crippen LogP contribution is 2.21. The van der Waals surface area contributed by atoms with E-state index in [1.807, 2.05) is 48.5 Å². The smallest absolute Gasteiger partial charge is 0.291 e. The summed E-state index contributed by atoms with van der Waals surface area (Å²) in [5.74, 6) is 0.772. The van der Waals surface area contributed by atoms with E-state index >= 15 is 0 Å². The second kappa shape index (κ2) is 12.6. The summed E-state index contributed by atoms with van der Waals surface area (Å²) >= 11 is 1.60. The molecule has 0 aliphatic carbocycles. The second-order valence-corrected chi connectivity index (χ2v) is 7.83. The number of hydrogen-bond acceptors (Lipinski definition) is 6. The van der Waals surface area contributed by atoms with Crippen molar-refractivity contribution >= 4 is 52.9 Å². The van der Waals surface area contributed by atoms with E-state index < -0.39 is 0 Å². The van der Waals surface area contributed by atoms with E-state index in [4.69, 9.17) is 9.15 Å². The van der Waals surface area contributed by atoms with Crippen LogP contribution in [0.1, 0.15) is 39.8 Å². The number of methoxy groups -OCH3 is 1. The Hall–Kier alpha value is -2.44. The van der Waals surface area contributed by atoms with Gasteiger partial charge in [-0.05, 0) is 36.8 Å². The van der Waals surface area contributed by atoms with Crippen molar-refractivity contribution < 1.29 is 13.9 Å². The standard InChI is InChI=1S/C22H27N5O3S.HI/c1-15(29-4)21-26-18(14-31-21)13-27(3)22(23-2)24-12-16-7-9-17(10-8-16)25-20(28)19-6-5-11-30-19;/h5-11,14-15H,12-13H2,1-4H3,(H,23,24)(H,25,28);1H. The van der Waals surface area contributed by atoms with Crippen molar-refractivity contribution in [3.8, 4) is 0 Å². The van der Waals surface area contributed by atoms with Gasteiger partial charge in [-0.2, -0.15) is 0 Å². The van der Waals surface area contributed by atoms with Gasteiger partial charge in [0.25, 0.3) is 5.91 Å². The minimum atomic E-state index is -0.275. The van der Waals surface area contributed by atoms with Crippen LogP contribution in [-0.4, -0.2) is 43.0 Å². The Balaban J connectivity index is 0.00000363. The summed E-state index contributed by atoms with van der Waals surface area (Å²) in [6, 6.07) is 10.9. The topological polar surface area (TPSA) is 92.0 Å². The largest absolute Gasteiger partial charge is 0.459 e. The number of rotatable bonds is 8. The molecule has 3 rings (SSSR count). The second-order valence-electron chi connectivity index (χ2n) is 6.94. The van der Waals surface area contributed by atoms with Gasteiger partial charge in [0.05, 0.1) is 18.5 Å². The molecule has 1 unspecified atom stereocenters. The first-order chi connectivity index (χ1) is 15.0. The summed E-state index contributed by atoms with van der Waals surface area (Å²) in [5.41, 5.74) is 2.75. The Kier molecular flexibility index (Phi) is 10.1. The molecule has 0 aliphatic heterocycles. The number of hydrogen-bond donors (Lipinski definition) is 2. The number of thiazole rings is 1. The molecule has 172 valence electrons. The minimum absolute atomic E-state index is 0. The van der Waals surface area contributed by atoms with E-state index in [0.29, 0.717) is 18.8 Å². The number of aliphatic imine (C=N–C) groups is 1. The Labute approximate surface area is 209 Å². The van der Waals surface area contributed by atoms with Gasteiger partial charge in [-0.15, -0.1) is 35.3 Å². The molecule has 1 atom stereocenters. The number of carbonyl (C=O) groups excluding carboxylic acids is 1. The van der Waals surface area contributed by atoms with Crippen molar-refractivity contribution in [2.45, 2.75) is 26.1 Å². The molecule has 2 N–H and O–H groups in total. The number of nitrogens with one attached hydrogen (secondary N) is 2. The van der Waals surface area contributed by atoms with E-state index in [0.717, 1.165) is 22.2 Å². The fourth-order valence-electron chi connectivity index (χ4n) is 2.87. The first kappa shape index (κ1) is 25.8. The lowest BCUT2D eigenvalue weighted by molar-refractivity contribution is 0.0996. The molecule has 2 heterocycles. The zero-order valence-electron chi connectivity index (χ0n) is 18.5. The molecule has 32 heavy (non-hydrogen) atoms. The number of anilines is 1. The van der Waals surface area contributed by atoms with Crippen LogP contribution in [0.5, 0.6) is 0 Å². The number of amides is 1. The Morgan fingerprint density at radius 3 is 2.69 bits per heavy atom. The molecule has 1 amide bonds. The molecule has 2 aromatic heterocycles.